The molecule has 0 spiro atoms. The van der Waals surface area contributed by atoms with Gasteiger partial charge < -0.3 is 10.2 Å². The Hall–Kier alpha value is -3.39. The van der Waals surface area contributed by atoms with Gasteiger partial charge in [-0.25, -0.2) is 0 Å². The summed E-state index contributed by atoms with van der Waals surface area (Å²) in [5, 5.41) is 13.6. The van der Waals surface area contributed by atoms with Crippen molar-refractivity contribution >= 4 is 28.2 Å². The largest absolute Gasteiger partial charge is 0.370 e. The first-order valence-corrected chi connectivity index (χ1v) is 9.56. The molecule has 140 valence electrons. The van der Waals surface area contributed by atoms with Crippen LogP contribution in [0, 0.1) is 24.2 Å². The maximum Gasteiger partial charge on any atom is 0.227 e. The van der Waals surface area contributed by atoms with Crippen molar-refractivity contribution in [3.8, 4) is 6.07 Å². The predicted molar refractivity (Wildman–Crippen MR) is 111 cm³/mol. The molecule has 4 rings (SSSR count). The first-order chi connectivity index (χ1) is 13.7. The molecule has 0 saturated carbocycles. The van der Waals surface area contributed by atoms with E-state index in [-0.39, 0.29) is 11.8 Å². The molecule has 1 N–H and O–H groups in total. The molecule has 1 saturated heterocycles. The summed E-state index contributed by atoms with van der Waals surface area (Å²) in [4.78, 5) is 19.3. The van der Waals surface area contributed by atoms with Gasteiger partial charge >= 0.3 is 0 Å². The molecule has 0 unspecified atom stereocenters. The number of pyridine rings is 1. The average Bonchev–Trinajstić information content (AvgIpc) is 2.73. The van der Waals surface area contributed by atoms with Crippen LogP contribution >= 0.6 is 0 Å². The Kier molecular flexibility index (Phi) is 4.94. The van der Waals surface area contributed by atoms with Gasteiger partial charge in [-0.1, -0.05) is 29.8 Å². The van der Waals surface area contributed by atoms with E-state index in [9.17, 15) is 10.1 Å². The van der Waals surface area contributed by atoms with E-state index in [1.807, 2.05) is 49.4 Å². The zero-order chi connectivity index (χ0) is 19.5. The van der Waals surface area contributed by atoms with Crippen molar-refractivity contribution in [3.63, 3.8) is 0 Å². The second-order valence-electron chi connectivity index (χ2n) is 7.27. The smallest absolute Gasteiger partial charge is 0.227 e. The normalized spacial score (nSPS) is 14.6. The molecule has 0 atom stereocenters. The highest BCUT2D eigenvalue weighted by Gasteiger charge is 2.27. The maximum absolute atomic E-state index is 12.6. The third kappa shape index (κ3) is 3.54. The molecule has 2 aromatic carbocycles. The maximum atomic E-state index is 12.6. The van der Waals surface area contributed by atoms with Gasteiger partial charge in [-0.15, -0.1) is 0 Å². The number of piperidine rings is 1. The summed E-state index contributed by atoms with van der Waals surface area (Å²) in [5.41, 5.74) is 4.40. The molecule has 5 nitrogen and oxygen atoms in total. The minimum Gasteiger partial charge on any atom is -0.370 e. The Morgan fingerprint density at radius 3 is 2.64 bits per heavy atom. The van der Waals surface area contributed by atoms with E-state index in [2.05, 4.69) is 27.3 Å². The van der Waals surface area contributed by atoms with Crippen LogP contribution in [0.25, 0.3) is 10.9 Å². The molecular formula is C23H22N4O. The van der Waals surface area contributed by atoms with Crippen molar-refractivity contribution < 1.29 is 4.79 Å². The molecule has 1 aromatic heterocycles. The lowest BCUT2D eigenvalue weighted by Gasteiger charge is -2.34. The Morgan fingerprint density at radius 2 is 1.93 bits per heavy atom. The standard InChI is InChI=1S/C23H22N4O/c1-16-7-8-21-20(13-16)22(18(14-24)15-25-21)27-11-9-17(10-12-27)23(28)26-19-5-3-2-4-6-19/h2-8,13,15,17H,9-12H2,1H3,(H,26,28). The van der Waals surface area contributed by atoms with Crippen molar-refractivity contribution in [1.82, 2.24) is 4.98 Å². The van der Waals surface area contributed by atoms with Crippen LogP contribution in [0.2, 0.25) is 0 Å². The SMILES string of the molecule is Cc1ccc2ncc(C#N)c(N3CCC(C(=O)Nc4ccccc4)CC3)c2c1. The number of rotatable bonds is 3. The summed E-state index contributed by atoms with van der Waals surface area (Å²) >= 11 is 0. The van der Waals surface area contributed by atoms with Crippen LogP contribution in [-0.2, 0) is 4.79 Å². The van der Waals surface area contributed by atoms with Crippen molar-refractivity contribution in [3.05, 3.63) is 65.9 Å². The van der Waals surface area contributed by atoms with Crippen LogP contribution in [-0.4, -0.2) is 24.0 Å². The Balaban J connectivity index is 1.53. The van der Waals surface area contributed by atoms with Crippen LogP contribution in [0.1, 0.15) is 24.0 Å². The lowest BCUT2D eigenvalue weighted by Crippen LogP contribution is -2.38. The number of carbonyl (C=O) groups excluding carboxylic acids is 1. The fourth-order valence-electron chi connectivity index (χ4n) is 3.85. The van der Waals surface area contributed by atoms with Crippen molar-refractivity contribution in [2.24, 2.45) is 5.92 Å². The second-order valence-corrected chi connectivity index (χ2v) is 7.27. The summed E-state index contributed by atoms with van der Waals surface area (Å²) in [6.45, 7) is 3.53. The van der Waals surface area contributed by atoms with Gasteiger partial charge in [0, 0.05) is 36.3 Å². The molecule has 1 amide bonds. The fourth-order valence-corrected chi connectivity index (χ4v) is 3.85. The van der Waals surface area contributed by atoms with Gasteiger partial charge in [-0.2, -0.15) is 5.26 Å². The van der Waals surface area contributed by atoms with Crippen LogP contribution in [0.4, 0.5) is 11.4 Å². The van der Waals surface area contributed by atoms with E-state index >= 15 is 0 Å². The first-order valence-electron chi connectivity index (χ1n) is 9.56. The molecule has 2 heterocycles. The van der Waals surface area contributed by atoms with E-state index in [1.165, 1.54) is 0 Å². The molecule has 3 aromatic rings. The van der Waals surface area contributed by atoms with E-state index in [1.54, 1.807) is 6.20 Å². The first kappa shape index (κ1) is 18.0. The van der Waals surface area contributed by atoms with Crippen LogP contribution < -0.4 is 10.2 Å². The number of aromatic nitrogens is 1. The number of anilines is 2. The molecule has 0 aliphatic carbocycles. The van der Waals surface area contributed by atoms with Gasteiger partial charge in [0.05, 0.1) is 16.8 Å². The highest BCUT2D eigenvalue weighted by molar-refractivity contribution is 5.95. The van der Waals surface area contributed by atoms with Gasteiger partial charge in [0.25, 0.3) is 0 Å². The van der Waals surface area contributed by atoms with Crippen molar-refractivity contribution in [2.45, 2.75) is 19.8 Å². The number of amides is 1. The van der Waals surface area contributed by atoms with Gasteiger partial charge in [0.2, 0.25) is 5.91 Å². The summed E-state index contributed by atoms with van der Waals surface area (Å²) in [5.74, 6) is 0.0543. The number of hydrogen-bond donors (Lipinski definition) is 1. The van der Waals surface area contributed by atoms with Gasteiger partial charge in [-0.3, -0.25) is 9.78 Å². The predicted octanol–water partition coefficient (Wildman–Crippen LogP) is 4.27. The average molecular weight is 370 g/mol. The fraction of sp³-hybridized carbons (Fsp3) is 0.261. The lowest BCUT2D eigenvalue weighted by molar-refractivity contribution is -0.120. The summed E-state index contributed by atoms with van der Waals surface area (Å²) in [6.07, 6.45) is 3.18. The number of hydrogen-bond acceptors (Lipinski definition) is 4. The number of carbonyl (C=O) groups is 1. The van der Waals surface area contributed by atoms with E-state index in [4.69, 9.17) is 0 Å². The van der Waals surface area contributed by atoms with Gasteiger partial charge in [0.15, 0.2) is 0 Å². The summed E-state index contributed by atoms with van der Waals surface area (Å²) in [7, 11) is 0. The van der Waals surface area contributed by atoms with Crippen LogP contribution in [0.15, 0.2) is 54.7 Å². The second kappa shape index (κ2) is 7.69. The molecule has 0 radical (unpaired) electrons. The Bertz CT molecular complexity index is 1050. The quantitative estimate of drug-likeness (QED) is 0.747. The van der Waals surface area contributed by atoms with Gasteiger partial charge in [0.1, 0.15) is 6.07 Å². The van der Waals surface area contributed by atoms with E-state index in [0.717, 1.165) is 53.8 Å². The molecule has 1 aliphatic heterocycles. The number of para-hydroxylation sites is 1. The highest BCUT2D eigenvalue weighted by Crippen LogP contribution is 2.33. The van der Waals surface area contributed by atoms with E-state index < -0.39 is 0 Å². The number of nitrogens with zero attached hydrogens (tertiary/aromatic N) is 3. The lowest BCUT2D eigenvalue weighted by atomic mass is 9.94. The van der Waals surface area contributed by atoms with Crippen LogP contribution in [0.3, 0.4) is 0 Å². The molecule has 1 aliphatic rings. The summed E-state index contributed by atoms with van der Waals surface area (Å²) in [6, 6.07) is 18.0. The minimum absolute atomic E-state index is 0.0168. The van der Waals surface area contributed by atoms with Crippen LogP contribution in [0.5, 0.6) is 0 Å². The topological polar surface area (TPSA) is 69.0 Å². The molecule has 1 fully saturated rings. The molecule has 28 heavy (non-hydrogen) atoms. The van der Waals surface area contributed by atoms with Crippen molar-refractivity contribution in [1.29, 1.82) is 5.26 Å². The Labute approximate surface area is 164 Å². The highest BCUT2D eigenvalue weighted by atomic mass is 16.1. The number of nitriles is 1. The summed E-state index contributed by atoms with van der Waals surface area (Å²) < 4.78 is 0. The molecule has 0 bridgehead atoms. The van der Waals surface area contributed by atoms with Gasteiger partial charge in [-0.05, 0) is 44.0 Å². The number of aryl methyl sites for hydroxylation is 1. The monoisotopic (exact) mass is 370 g/mol. The van der Waals surface area contributed by atoms with E-state index in [0.29, 0.717) is 5.56 Å². The molecular weight excluding hydrogens is 348 g/mol. The number of fused-ring (bicyclic) bond motifs is 1. The third-order valence-corrected chi connectivity index (χ3v) is 5.34. The minimum atomic E-state index is -0.0168. The zero-order valence-electron chi connectivity index (χ0n) is 15.9. The molecule has 5 heteroatoms. The number of nitrogens with one attached hydrogen (secondary N) is 1. The third-order valence-electron chi connectivity index (χ3n) is 5.34. The number of benzene rings is 2. The zero-order valence-corrected chi connectivity index (χ0v) is 15.9. The Morgan fingerprint density at radius 1 is 1.18 bits per heavy atom. The van der Waals surface area contributed by atoms with Crippen molar-refractivity contribution in [2.75, 3.05) is 23.3 Å².